The molecule has 0 saturated heterocycles. The molecule has 2 aliphatic carbocycles. The molecular formula is C16H16Cl4O3. The Hall–Kier alpha value is -0.160. The van der Waals surface area contributed by atoms with Gasteiger partial charge in [-0.15, -0.1) is 23.2 Å². The Bertz CT molecular complexity index is 656. The number of rotatable bonds is 4. The SMILES string of the molecule is COc1ccc([C@H]2C[C@@]3(Cl)C(Cl)=C(Cl)[C@]2(Cl)C3(OC)OC)cc1. The number of fused-ring (bicyclic) bond motifs is 2. The van der Waals surface area contributed by atoms with Crippen LogP contribution in [0, 0.1) is 0 Å². The summed E-state index contributed by atoms with van der Waals surface area (Å²) in [5.41, 5.74) is 0.962. The minimum absolute atomic E-state index is 0.220. The third-order valence-electron chi connectivity index (χ3n) is 4.92. The number of alkyl halides is 2. The van der Waals surface area contributed by atoms with E-state index < -0.39 is 15.5 Å². The standard InChI is InChI=1S/C16H16Cl4O3/c1-21-10-6-4-9(5-7-10)11-8-14(19)12(17)13(18)15(11,20)16(14,22-2)23-3/h4-7,11H,8H2,1-3H3/t11-,14-,15+/m1/s1. The fourth-order valence-corrected chi connectivity index (χ4v) is 5.91. The maximum absolute atomic E-state index is 6.99. The zero-order valence-corrected chi connectivity index (χ0v) is 15.9. The summed E-state index contributed by atoms with van der Waals surface area (Å²) in [4.78, 5) is -2.34. The van der Waals surface area contributed by atoms with Crippen molar-refractivity contribution in [2.45, 2.75) is 27.9 Å². The molecule has 0 N–H and O–H groups in total. The van der Waals surface area contributed by atoms with E-state index >= 15 is 0 Å². The van der Waals surface area contributed by atoms with Crippen molar-refractivity contribution in [1.82, 2.24) is 0 Å². The van der Waals surface area contributed by atoms with Crippen LogP contribution in [0.1, 0.15) is 17.9 Å². The average Bonchev–Trinajstić information content (AvgIpc) is 2.85. The highest BCUT2D eigenvalue weighted by atomic mass is 35.5. The van der Waals surface area contributed by atoms with E-state index in [0.717, 1.165) is 11.3 Å². The summed E-state index contributed by atoms with van der Waals surface area (Å²) in [7, 11) is 4.60. The van der Waals surface area contributed by atoms with Gasteiger partial charge in [0, 0.05) is 20.1 Å². The van der Waals surface area contributed by atoms with Crippen LogP contribution in [0.5, 0.6) is 5.75 Å². The van der Waals surface area contributed by atoms with E-state index in [1.54, 1.807) is 7.11 Å². The lowest BCUT2D eigenvalue weighted by Gasteiger charge is -2.41. The third kappa shape index (κ3) is 1.92. The first-order valence-corrected chi connectivity index (χ1v) is 8.52. The highest BCUT2D eigenvalue weighted by Gasteiger charge is 2.80. The van der Waals surface area contributed by atoms with Crippen LogP contribution in [-0.2, 0) is 9.47 Å². The van der Waals surface area contributed by atoms with Crippen molar-refractivity contribution < 1.29 is 14.2 Å². The van der Waals surface area contributed by atoms with E-state index in [1.165, 1.54) is 14.2 Å². The smallest absolute Gasteiger partial charge is 0.217 e. The lowest BCUT2D eigenvalue weighted by Crippen LogP contribution is -2.56. The van der Waals surface area contributed by atoms with E-state index in [2.05, 4.69) is 0 Å². The molecule has 0 aromatic heterocycles. The van der Waals surface area contributed by atoms with Crippen molar-refractivity contribution >= 4 is 46.4 Å². The maximum Gasteiger partial charge on any atom is 0.217 e. The van der Waals surface area contributed by atoms with Gasteiger partial charge in [-0.25, -0.2) is 0 Å². The molecule has 1 aromatic carbocycles. The molecule has 0 unspecified atom stereocenters. The van der Waals surface area contributed by atoms with Gasteiger partial charge in [0.05, 0.1) is 17.2 Å². The Morgan fingerprint density at radius 3 is 1.96 bits per heavy atom. The predicted molar refractivity (Wildman–Crippen MR) is 93.0 cm³/mol. The molecule has 0 spiro atoms. The zero-order chi connectivity index (χ0) is 17.0. The van der Waals surface area contributed by atoms with Crippen LogP contribution >= 0.6 is 46.4 Å². The number of benzene rings is 1. The molecule has 3 nitrogen and oxygen atoms in total. The molecule has 0 amide bonds. The van der Waals surface area contributed by atoms with Gasteiger partial charge in [0.25, 0.3) is 0 Å². The summed E-state index contributed by atoms with van der Waals surface area (Å²) in [6.07, 6.45) is 0.446. The molecule has 3 atom stereocenters. The first-order chi connectivity index (χ1) is 10.8. The molecule has 0 heterocycles. The summed E-state index contributed by atoms with van der Waals surface area (Å²) < 4.78 is 16.5. The van der Waals surface area contributed by atoms with Gasteiger partial charge in [-0.3, -0.25) is 0 Å². The maximum atomic E-state index is 6.99. The summed E-state index contributed by atoms with van der Waals surface area (Å²) >= 11 is 26.7. The van der Waals surface area contributed by atoms with Crippen molar-refractivity contribution in [3.63, 3.8) is 0 Å². The highest BCUT2D eigenvalue weighted by Crippen LogP contribution is 2.73. The topological polar surface area (TPSA) is 27.7 Å². The van der Waals surface area contributed by atoms with Gasteiger partial charge in [0.15, 0.2) is 0 Å². The summed E-state index contributed by atoms with van der Waals surface area (Å²) in [5, 5.41) is 0.552. The molecule has 0 aliphatic heterocycles. The number of ether oxygens (including phenoxy) is 3. The third-order valence-corrected chi connectivity index (χ3v) is 7.50. The van der Waals surface area contributed by atoms with Crippen molar-refractivity contribution in [3.8, 4) is 5.75 Å². The molecule has 23 heavy (non-hydrogen) atoms. The van der Waals surface area contributed by atoms with E-state index in [4.69, 9.17) is 60.6 Å². The lowest BCUT2D eigenvalue weighted by atomic mass is 9.85. The Labute approximate surface area is 155 Å². The van der Waals surface area contributed by atoms with Crippen LogP contribution < -0.4 is 4.74 Å². The monoisotopic (exact) mass is 396 g/mol. The van der Waals surface area contributed by atoms with Crippen molar-refractivity contribution in [1.29, 1.82) is 0 Å². The van der Waals surface area contributed by atoms with E-state index in [0.29, 0.717) is 6.42 Å². The Morgan fingerprint density at radius 1 is 0.957 bits per heavy atom. The fourth-order valence-electron chi connectivity index (χ4n) is 3.83. The van der Waals surface area contributed by atoms with Crippen LogP contribution in [0.4, 0.5) is 0 Å². The van der Waals surface area contributed by atoms with Gasteiger partial charge in [0.2, 0.25) is 5.79 Å². The molecule has 1 fully saturated rings. The van der Waals surface area contributed by atoms with E-state index in [-0.39, 0.29) is 16.0 Å². The molecule has 2 aliphatic rings. The van der Waals surface area contributed by atoms with Gasteiger partial charge < -0.3 is 14.2 Å². The van der Waals surface area contributed by atoms with Crippen LogP contribution in [0.15, 0.2) is 34.3 Å². The number of halogens is 4. The normalized spacial score (nSPS) is 35.0. The minimum Gasteiger partial charge on any atom is -0.497 e. The largest absolute Gasteiger partial charge is 0.497 e. The fraction of sp³-hybridized carbons (Fsp3) is 0.500. The van der Waals surface area contributed by atoms with E-state index in [1.807, 2.05) is 24.3 Å². The van der Waals surface area contributed by atoms with Gasteiger partial charge in [-0.2, -0.15) is 0 Å². The van der Waals surface area contributed by atoms with Crippen LogP contribution in [0.2, 0.25) is 0 Å². The van der Waals surface area contributed by atoms with Crippen molar-refractivity contribution in [2.24, 2.45) is 0 Å². The number of hydrogen-bond donors (Lipinski definition) is 0. The van der Waals surface area contributed by atoms with Crippen molar-refractivity contribution in [2.75, 3.05) is 21.3 Å². The first kappa shape index (κ1) is 17.7. The average molecular weight is 398 g/mol. The second-order valence-corrected chi connectivity index (χ2v) is 7.69. The zero-order valence-electron chi connectivity index (χ0n) is 12.8. The summed E-state index contributed by atoms with van der Waals surface area (Å²) in [6, 6.07) is 7.59. The lowest BCUT2D eigenvalue weighted by molar-refractivity contribution is -0.217. The van der Waals surface area contributed by atoms with Gasteiger partial charge in [0.1, 0.15) is 15.5 Å². The van der Waals surface area contributed by atoms with E-state index in [9.17, 15) is 0 Å². The second kappa shape index (κ2) is 5.69. The predicted octanol–water partition coefficient (Wildman–Crippen LogP) is 4.83. The van der Waals surface area contributed by atoms with Gasteiger partial charge in [-0.1, -0.05) is 35.3 Å². The molecular weight excluding hydrogens is 382 g/mol. The molecule has 1 saturated carbocycles. The minimum atomic E-state index is -1.35. The first-order valence-electron chi connectivity index (χ1n) is 7.00. The summed E-state index contributed by atoms with van der Waals surface area (Å²) in [5.74, 6) is -0.810. The Morgan fingerprint density at radius 2 is 1.52 bits per heavy atom. The molecule has 3 rings (SSSR count). The number of methoxy groups -OCH3 is 3. The number of hydrogen-bond acceptors (Lipinski definition) is 3. The quantitative estimate of drug-likeness (QED) is 0.537. The molecule has 2 bridgehead atoms. The molecule has 126 valence electrons. The highest BCUT2D eigenvalue weighted by molar-refractivity contribution is 6.52. The summed E-state index contributed by atoms with van der Waals surface area (Å²) in [6.45, 7) is 0. The second-order valence-electron chi connectivity index (χ2n) is 5.70. The van der Waals surface area contributed by atoms with Crippen LogP contribution in [0.25, 0.3) is 0 Å². The Balaban J connectivity index is 2.16. The van der Waals surface area contributed by atoms with Crippen LogP contribution in [0.3, 0.4) is 0 Å². The van der Waals surface area contributed by atoms with Crippen molar-refractivity contribution in [3.05, 3.63) is 39.9 Å². The Kier molecular flexibility index (Phi) is 4.37. The van der Waals surface area contributed by atoms with Gasteiger partial charge in [-0.05, 0) is 24.1 Å². The molecule has 7 heteroatoms. The molecule has 1 aromatic rings. The molecule has 0 radical (unpaired) electrons. The van der Waals surface area contributed by atoms with Crippen LogP contribution in [-0.4, -0.2) is 36.9 Å². The van der Waals surface area contributed by atoms with Gasteiger partial charge >= 0.3 is 0 Å².